The van der Waals surface area contributed by atoms with Crippen LogP contribution in [-0.4, -0.2) is 22.3 Å². The van der Waals surface area contributed by atoms with Gasteiger partial charge in [0.05, 0.1) is 12.0 Å². The van der Waals surface area contributed by atoms with E-state index in [-0.39, 0.29) is 0 Å². The Morgan fingerprint density at radius 3 is 2.12 bits per heavy atom. The Morgan fingerprint density at radius 1 is 1.25 bits per heavy atom. The maximum Gasteiger partial charge on any atom is 0.311 e. The Hall–Kier alpha value is -1.42. The van der Waals surface area contributed by atoms with Gasteiger partial charge in [-0.1, -0.05) is 19.1 Å². The van der Waals surface area contributed by atoms with E-state index in [4.69, 9.17) is 5.11 Å². The van der Waals surface area contributed by atoms with Crippen molar-refractivity contribution >= 4 is 5.97 Å². The molecule has 0 saturated heterocycles. The number of aliphatic hydroxyl groups excluding tert-OH is 1. The summed E-state index contributed by atoms with van der Waals surface area (Å²) in [6.07, 6.45) is -0.730. The summed E-state index contributed by atoms with van der Waals surface area (Å²) < 4.78 is 12.7. The Kier molecular flexibility index (Phi) is 4.01. The fraction of sp³-hybridized carbons (Fsp3) is 0.417. The standard InChI is InChI=1S/C12H15FO3/c1-7(8(2)14)11(12(15)16)9-3-5-10(13)6-4-9/h3-8,11,14H,1-2H3,(H,15,16). The maximum atomic E-state index is 12.7. The average molecular weight is 226 g/mol. The van der Waals surface area contributed by atoms with E-state index in [0.717, 1.165) is 0 Å². The lowest BCUT2D eigenvalue weighted by molar-refractivity contribution is -0.141. The molecule has 3 atom stereocenters. The van der Waals surface area contributed by atoms with Crippen LogP contribution in [-0.2, 0) is 4.79 Å². The van der Waals surface area contributed by atoms with Gasteiger partial charge in [0.1, 0.15) is 5.82 Å². The van der Waals surface area contributed by atoms with Crippen LogP contribution in [0, 0.1) is 11.7 Å². The van der Waals surface area contributed by atoms with Crippen molar-refractivity contribution < 1.29 is 19.4 Å². The van der Waals surface area contributed by atoms with E-state index in [1.807, 2.05) is 0 Å². The summed E-state index contributed by atoms with van der Waals surface area (Å²) >= 11 is 0. The fourth-order valence-electron chi connectivity index (χ4n) is 1.62. The van der Waals surface area contributed by atoms with Gasteiger partial charge in [-0.25, -0.2) is 4.39 Å². The molecule has 1 rings (SSSR count). The Bertz CT molecular complexity index is 359. The zero-order chi connectivity index (χ0) is 12.3. The van der Waals surface area contributed by atoms with Gasteiger partial charge in [-0.05, 0) is 30.5 Å². The summed E-state index contributed by atoms with van der Waals surface area (Å²) in [5, 5.41) is 18.5. The molecule has 0 saturated carbocycles. The molecule has 2 N–H and O–H groups in total. The van der Waals surface area contributed by atoms with Crippen LogP contribution in [0.3, 0.4) is 0 Å². The van der Waals surface area contributed by atoms with Crippen LogP contribution in [0.25, 0.3) is 0 Å². The second-order valence-corrected chi connectivity index (χ2v) is 3.97. The predicted molar refractivity (Wildman–Crippen MR) is 57.6 cm³/mol. The van der Waals surface area contributed by atoms with Gasteiger partial charge < -0.3 is 10.2 Å². The molecule has 0 aliphatic heterocycles. The number of aliphatic carboxylic acids is 1. The van der Waals surface area contributed by atoms with Crippen molar-refractivity contribution in [3.05, 3.63) is 35.6 Å². The number of hydrogen-bond donors (Lipinski definition) is 2. The first kappa shape index (κ1) is 12.6. The minimum Gasteiger partial charge on any atom is -0.481 e. The summed E-state index contributed by atoms with van der Waals surface area (Å²) in [6, 6.07) is 5.32. The summed E-state index contributed by atoms with van der Waals surface area (Å²) in [4.78, 5) is 11.1. The second kappa shape index (κ2) is 5.07. The van der Waals surface area contributed by atoms with E-state index in [1.54, 1.807) is 13.8 Å². The molecule has 16 heavy (non-hydrogen) atoms. The summed E-state index contributed by atoms with van der Waals surface area (Å²) in [6.45, 7) is 3.21. The van der Waals surface area contributed by atoms with Crippen LogP contribution in [0.1, 0.15) is 25.3 Å². The molecule has 0 bridgehead atoms. The molecule has 3 unspecified atom stereocenters. The van der Waals surface area contributed by atoms with Gasteiger partial charge in [-0.15, -0.1) is 0 Å². The molecule has 0 aliphatic rings. The number of carboxylic acid groups (broad SMARTS) is 1. The molecule has 0 spiro atoms. The third-order valence-corrected chi connectivity index (χ3v) is 2.78. The van der Waals surface area contributed by atoms with Gasteiger partial charge in [-0.3, -0.25) is 4.79 Å². The Morgan fingerprint density at radius 2 is 1.75 bits per heavy atom. The number of rotatable bonds is 4. The molecule has 88 valence electrons. The van der Waals surface area contributed by atoms with Crippen LogP contribution >= 0.6 is 0 Å². The van der Waals surface area contributed by atoms with Crippen molar-refractivity contribution in [2.24, 2.45) is 5.92 Å². The number of carbonyl (C=O) groups is 1. The van der Waals surface area contributed by atoms with Gasteiger partial charge >= 0.3 is 5.97 Å². The molecular weight excluding hydrogens is 211 g/mol. The highest BCUT2D eigenvalue weighted by Crippen LogP contribution is 2.27. The molecule has 3 nitrogen and oxygen atoms in total. The van der Waals surface area contributed by atoms with Crippen molar-refractivity contribution in [3.8, 4) is 0 Å². The van der Waals surface area contributed by atoms with Crippen LogP contribution in [0.15, 0.2) is 24.3 Å². The van der Waals surface area contributed by atoms with Crippen molar-refractivity contribution in [1.29, 1.82) is 0 Å². The normalized spacial score (nSPS) is 16.5. The van der Waals surface area contributed by atoms with Gasteiger partial charge in [-0.2, -0.15) is 0 Å². The molecule has 0 heterocycles. The van der Waals surface area contributed by atoms with Gasteiger partial charge in [0.25, 0.3) is 0 Å². The van der Waals surface area contributed by atoms with Crippen molar-refractivity contribution in [3.63, 3.8) is 0 Å². The highest BCUT2D eigenvalue weighted by molar-refractivity contribution is 5.76. The first-order chi connectivity index (χ1) is 7.43. The first-order valence-electron chi connectivity index (χ1n) is 5.09. The fourth-order valence-corrected chi connectivity index (χ4v) is 1.62. The molecule has 0 radical (unpaired) electrons. The molecule has 0 fully saturated rings. The third kappa shape index (κ3) is 2.79. The zero-order valence-corrected chi connectivity index (χ0v) is 9.22. The van der Waals surface area contributed by atoms with Gasteiger partial charge in [0, 0.05) is 0 Å². The van der Waals surface area contributed by atoms with Crippen molar-refractivity contribution in [2.75, 3.05) is 0 Å². The number of hydrogen-bond acceptors (Lipinski definition) is 2. The number of halogens is 1. The summed E-state index contributed by atoms with van der Waals surface area (Å²) in [5.41, 5.74) is 0.502. The molecule has 0 aromatic heterocycles. The number of benzene rings is 1. The number of aliphatic hydroxyl groups is 1. The topological polar surface area (TPSA) is 57.5 Å². The lowest BCUT2D eigenvalue weighted by Gasteiger charge is -2.22. The molecule has 4 heteroatoms. The predicted octanol–water partition coefficient (Wildman–Crippen LogP) is 2.01. The van der Waals surface area contributed by atoms with Gasteiger partial charge in [0.15, 0.2) is 0 Å². The van der Waals surface area contributed by atoms with E-state index in [0.29, 0.717) is 5.56 Å². The highest BCUT2D eigenvalue weighted by atomic mass is 19.1. The smallest absolute Gasteiger partial charge is 0.311 e. The molecule has 0 amide bonds. The maximum absolute atomic E-state index is 12.7. The molecule has 0 aliphatic carbocycles. The minimum absolute atomic E-state index is 0.405. The molecule has 1 aromatic rings. The van der Waals surface area contributed by atoms with E-state index < -0.39 is 29.7 Å². The molecule has 1 aromatic carbocycles. The van der Waals surface area contributed by atoms with E-state index in [2.05, 4.69) is 0 Å². The van der Waals surface area contributed by atoms with Crippen LogP contribution in [0.5, 0.6) is 0 Å². The van der Waals surface area contributed by atoms with Crippen molar-refractivity contribution in [1.82, 2.24) is 0 Å². The lowest BCUT2D eigenvalue weighted by atomic mass is 9.84. The zero-order valence-electron chi connectivity index (χ0n) is 9.22. The van der Waals surface area contributed by atoms with Crippen LogP contribution in [0.4, 0.5) is 4.39 Å². The van der Waals surface area contributed by atoms with Crippen LogP contribution in [0.2, 0.25) is 0 Å². The lowest BCUT2D eigenvalue weighted by Crippen LogP contribution is -2.27. The Labute approximate surface area is 93.5 Å². The van der Waals surface area contributed by atoms with Gasteiger partial charge in [0.2, 0.25) is 0 Å². The van der Waals surface area contributed by atoms with E-state index in [9.17, 15) is 14.3 Å². The average Bonchev–Trinajstić information content (AvgIpc) is 2.20. The first-order valence-corrected chi connectivity index (χ1v) is 5.09. The van der Waals surface area contributed by atoms with E-state index in [1.165, 1.54) is 24.3 Å². The monoisotopic (exact) mass is 226 g/mol. The summed E-state index contributed by atoms with van der Waals surface area (Å²) in [7, 11) is 0. The number of carboxylic acids is 1. The Balaban J connectivity index is 3.03. The van der Waals surface area contributed by atoms with Crippen molar-refractivity contribution in [2.45, 2.75) is 25.9 Å². The second-order valence-electron chi connectivity index (χ2n) is 3.97. The van der Waals surface area contributed by atoms with E-state index >= 15 is 0 Å². The SMILES string of the molecule is CC(O)C(C)C(C(=O)O)c1ccc(F)cc1. The summed E-state index contributed by atoms with van der Waals surface area (Å²) in [5.74, 6) is -2.67. The molecular formula is C12H15FO3. The van der Waals surface area contributed by atoms with Crippen LogP contribution < -0.4 is 0 Å². The minimum atomic E-state index is -1.01. The largest absolute Gasteiger partial charge is 0.481 e. The quantitative estimate of drug-likeness (QED) is 0.825. The third-order valence-electron chi connectivity index (χ3n) is 2.78. The highest BCUT2D eigenvalue weighted by Gasteiger charge is 2.29.